The molecule has 0 radical (unpaired) electrons. The Morgan fingerprint density at radius 1 is 1.30 bits per heavy atom. The minimum atomic E-state index is -0.866. The number of benzene rings is 1. The molecule has 5 nitrogen and oxygen atoms in total. The summed E-state index contributed by atoms with van der Waals surface area (Å²) in [4.78, 5) is 23.0. The molecule has 2 N–H and O–H groups in total. The number of carboxylic acids is 1. The van der Waals surface area contributed by atoms with E-state index < -0.39 is 17.5 Å². The van der Waals surface area contributed by atoms with Crippen LogP contribution >= 0.6 is 0 Å². The van der Waals surface area contributed by atoms with Gasteiger partial charge in [-0.2, -0.15) is 0 Å². The number of carbonyl (C=O) groups is 2. The van der Waals surface area contributed by atoms with Crippen molar-refractivity contribution in [3.05, 3.63) is 29.8 Å². The summed E-state index contributed by atoms with van der Waals surface area (Å²) in [6.07, 6.45) is 2.48. The van der Waals surface area contributed by atoms with E-state index in [0.717, 1.165) is 19.3 Å². The van der Waals surface area contributed by atoms with E-state index in [9.17, 15) is 9.59 Å². The number of aliphatic carboxylic acids is 1. The van der Waals surface area contributed by atoms with E-state index in [1.165, 1.54) is 0 Å². The quantitative estimate of drug-likeness (QED) is 0.866. The van der Waals surface area contributed by atoms with Gasteiger partial charge in [0.2, 0.25) is 0 Å². The Bertz CT molecular complexity index is 500. The second-order valence-corrected chi connectivity index (χ2v) is 5.19. The van der Waals surface area contributed by atoms with Crippen LogP contribution in [-0.2, 0) is 14.3 Å². The third-order valence-electron chi connectivity index (χ3n) is 4.00. The van der Waals surface area contributed by atoms with Crippen LogP contribution in [0.4, 0.5) is 5.69 Å². The Morgan fingerprint density at radius 3 is 2.30 bits per heavy atom. The van der Waals surface area contributed by atoms with Gasteiger partial charge in [-0.3, -0.25) is 9.59 Å². The van der Waals surface area contributed by atoms with Gasteiger partial charge in [-0.05, 0) is 43.9 Å². The summed E-state index contributed by atoms with van der Waals surface area (Å²) in [6, 6.07) is 6.87. The van der Waals surface area contributed by atoms with Crippen LogP contribution in [0.1, 0.15) is 37.7 Å². The third-order valence-corrected chi connectivity index (χ3v) is 4.00. The number of methoxy groups -OCH3 is 1. The van der Waals surface area contributed by atoms with E-state index in [2.05, 4.69) is 5.32 Å². The van der Waals surface area contributed by atoms with E-state index >= 15 is 0 Å². The summed E-state index contributed by atoms with van der Waals surface area (Å²) in [5, 5.41) is 11.8. The molecular formula is C15H19NO4. The van der Waals surface area contributed by atoms with Gasteiger partial charge in [-0.1, -0.05) is 12.1 Å². The first-order valence-electron chi connectivity index (χ1n) is 6.68. The third kappa shape index (κ3) is 2.67. The monoisotopic (exact) mass is 277 g/mol. The zero-order valence-electron chi connectivity index (χ0n) is 11.7. The van der Waals surface area contributed by atoms with E-state index in [4.69, 9.17) is 9.84 Å². The Labute approximate surface area is 117 Å². The van der Waals surface area contributed by atoms with Crippen molar-refractivity contribution in [1.82, 2.24) is 0 Å². The molecule has 1 aromatic rings. The summed E-state index contributed by atoms with van der Waals surface area (Å²) in [6.45, 7) is 1.63. The number of carbonyl (C=O) groups excluding carboxylic acids is 1. The van der Waals surface area contributed by atoms with Crippen molar-refractivity contribution in [2.75, 3.05) is 12.4 Å². The normalized spacial score (nSPS) is 17.9. The minimum absolute atomic E-state index is 0.134. The summed E-state index contributed by atoms with van der Waals surface area (Å²) in [7, 11) is 1.55. The Morgan fingerprint density at radius 2 is 1.90 bits per heavy atom. The zero-order valence-corrected chi connectivity index (χ0v) is 11.7. The fourth-order valence-corrected chi connectivity index (χ4v) is 2.26. The van der Waals surface area contributed by atoms with Crippen LogP contribution in [0.25, 0.3) is 0 Å². The summed E-state index contributed by atoms with van der Waals surface area (Å²) in [5.74, 6) is -1.56. The molecule has 1 aliphatic carbocycles. The SMILES string of the molecule is COC1(C(=O)Nc2ccc(C(C)C(=O)O)cc2)CCC1. The van der Waals surface area contributed by atoms with Gasteiger partial charge in [0.15, 0.2) is 0 Å². The number of ether oxygens (including phenoxy) is 1. The van der Waals surface area contributed by atoms with Crippen molar-refractivity contribution in [2.45, 2.75) is 37.7 Å². The van der Waals surface area contributed by atoms with Crippen LogP contribution in [0, 0.1) is 0 Å². The molecule has 0 heterocycles. The van der Waals surface area contributed by atoms with Crippen LogP contribution in [-0.4, -0.2) is 29.7 Å². The number of hydrogen-bond acceptors (Lipinski definition) is 3. The van der Waals surface area contributed by atoms with Gasteiger partial charge in [0.05, 0.1) is 5.92 Å². The Balaban J connectivity index is 2.04. The lowest BCUT2D eigenvalue weighted by atomic mass is 9.79. The van der Waals surface area contributed by atoms with Gasteiger partial charge in [0.25, 0.3) is 5.91 Å². The molecule has 0 spiro atoms. The average molecular weight is 277 g/mol. The van der Waals surface area contributed by atoms with E-state index in [0.29, 0.717) is 11.3 Å². The highest BCUT2D eigenvalue weighted by Gasteiger charge is 2.44. The fourth-order valence-electron chi connectivity index (χ4n) is 2.26. The van der Waals surface area contributed by atoms with Gasteiger partial charge < -0.3 is 15.2 Å². The van der Waals surface area contributed by atoms with Crippen molar-refractivity contribution in [1.29, 1.82) is 0 Å². The maximum atomic E-state index is 12.1. The van der Waals surface area contributed by atoms with Crippen molar-refractivity contribution in [2.24, 2.45) is 0 Å². The first-order valence-corrected chi connectivity index (χ1v) is 6.68. The largest absolute Gasteiger partial charge is 0.481 e. The van der Waals surface area contributed by atoms with Crippen molar-refractivity contribution < 1.29 is 19.4 Å². The molecule has 1 aromatic carbocycles. The molecule has 108 valence electrons. The summed E-state index contributed by atoms with van der Waals surface area (Å²) >= 11 is 0. The fraction of sp³-hybridized carbons (Fsp3) is 0.467. The van der Waals surface area contributed by atoms with Crippen LogP contribution < -0.4 is 5.32 Å². The first kappa shape index (κ1) is 14.5. The van der Waals surface area contributed by atoms with Crippen molar-refractivity contribution >= 4 is 17.6 Å². The maximum Gasteiger partial charge on any atom is 0.310 e. The molecule has 2 rings (SSSR count). The van der Waals surface area contributed by atoms with Gasteiger partial charge >= 0.3 is 5.97 Å². The molecule has 0 aliphatic heterocycles. The molecule has 5 heteroatoms. The van der Waals surface area contributed by atoms with Crippen molar-refractivity contribution in [3.63, 3.8) is 0 Å². The van der Waals surface area contributed by atoms with E-state index in [1.54, 1.807) is 38.3 Å². The predicted octanol–water partition coefficient (Wildman–Crippen LogP) is 2.38. The average Bonchev–Trinajstić information content (AvgIpc) is 2.38. The number of amides is 1. The molecular weight excluding hydrogens is 258 g/mol. The number of carboxylic acid groups (broad SMARTS) is 1. The molecule has 1 unspecified atom stereocenters. The van der Waals surface area contributed by atoms with Crippen LogP contribution in [0.2, 0.25) is 0 Å². The van der Waals surface area contributed by atoms with Crippen LogP contribution in [0.3, 0.4) is 0 Å². The smallest absolute Gasteiger partial charge is 0.310 e. The maximum absolute atomic E-state index is 12.1. The number of hydrogen-bond donors (Lipinski definition) is 2. The highest BCUT2D eigenvalue weighted by atomic mass is 16.5. The minimum Gasteiger partial charge on any atom is -0.481 e. The van der Waals surface area contributed by atoms with Gasteiger partial charge in [-0.15, -0.1) is 0 Å². The standard InChI is InChI=1S/C15H19NO4/c1-10(13(17)18)11-4-6-12(7-5-11)16-14(19)15(20-2)8-3-9-15/h4-7,10H,3,8-9H2,1-2H3,(H,16,19)(H,17,18). The lowest BCUT2D eigenvalue weighted by Gasteiger charge is -2.38. The molecule has 1 atom stereocenters. The second kappa shape index (κ2) is 5.63. The molecule has 1 aliphatic rings. The van der Waals surface area contributed by atoms with Gasteiger partial charge in [0, 0.05) is 12.8 Å². The topological polar surface area (TPSA) is 75.6 Å². The predicted molar refractivity (Wildman–Crippen MR) is 74.7 cm³/mol. The summed E-state index contributed by atoms with van der Waals surface area (Å²) < 4.78 is 5.31. The molecule has 0 bridgehead atoms. The number of nitrogens with one attached hydrogen (secondary N) is 1. The molecule has 0 saturated heterocycles. The Kier molecular flexibility index (Phi) is 4.09. The molecule has 1 saturated carbocycles. The lowest BCUT2D eigenvalue weighted by Crippen LogP contribution is -2.50. The number of anilines is 1. The highest BCUT2D eigenvalue weighted by molar-refractivity contribution is 5.98. The summed E-state index contributed by atoms with van der Waals surface area (Å²) in [5.41, 5.74) is 0.674. The van der Waals surface area contributed by atoms with Crippen LogP contribution in [0.15, 0.2) is 24.3 Å². The first-order chi connectivity index (χ1) is 9.48. The van der Waals surface area contributed by atoms with Crippen LogP contribution in [0.5, 0.6) is 0 Å². The van der Waals surface area contributed by atoms with Gasteiger partial charge in [0.1, 0.15) is 5.60 Å². The molecule has 1 amide bonds. The lowest BCUT2D eigenvalue weighted by molar-refractivity contribution is -0.148. The van der Waals surface area contributed by atoms with E-state index in [-0.39, 0.29) is 5.91 Å². The molecule has 1 fully saturated rings. The van der Waals surface area contributed by atoms with E-state index in [1.807, 2.05) is 0 Å². The molecule has 0 aromatic heterocycles. The highest BCUT2D eigenvalue weighted by Crippen LogP contribution is 2.36. The zero-order chi connectivity index (χ0) is 14.8. The van der Waals surface area contributed by atoms with Gasteiger partial charge in [-0.25, -0.2) is 0 Å². The second-order valence-electron chi connectivity index (χ2n) is 5.19. The molecule has 20 heavy (non-hydrogen) atoms. The Hall–Kier alpha value is -1.88. The van der Waals surface area contributed by atoms with Crippen molar-refractivity contribution in [3.8, 4) is 0 Å². The number of rotatable bonds is 5.